The van der Waals surface area contributed by atoms with Crippen molar-refractivity contribution in [3.05, 3.63) is 41.1 Å². The van der Waals surface area contributed by atoms with Crippen LogP contribution >= 0.6 is 0 Å². The van der Waals surface area contributed by atoms with E-state index in [0.29, 0.717) is 3.12 Å². The van der Waals surface area contributed by atoms with Gasteiger partial charge in [0.25, 0.3) is 0 Å². The SMILES string of the molecule is CC(C)(C)c1c[nH][c]([Zr+2][C]23C=CC=C2CC3)c1C(C)(C)C.[Cl-].[Cl-]. The fraction of sp³-hybridized carbons (Fsp3) is 0.579. The van der Waals surface area contributed by atoms with Crippen LogP contribution in [-0.2, 0) is 34.1 Å². The Hall–Kier alpha value is 0.223. The molecular formula is C19H27Cl2NZr. The molecular weight excluding hydrogens is 404 g/mol. The standard InChI is InChI=1S/C12H20N.C7H7.2ClH.Zr/c1-11(2,3)9-7-13-8-10(9)12(4,5)6;1-2-6-4-5-7(6)3-1;;;/h7,13H,1-6H3;1-3H,4-5H2;2*1H;/q;;;;+2/p-2. The second-order valence-corrected chi connectivity index (χ2v) is 12.6. The zero-order chi connectivity index (χ0) is 15.5. The summed E-state index contributed by atoms with van der Waals surface area (Å²) in [5.74, 6) is 0. The van der Waals surface area contributed by atoms with E-state index in [1.165, 1.54) is 18.4 Å². The van der Waals surface area contributed by atoms with Gasteiger partial charge in [-0.2, -0.15) is 0 Å². The summed E-state index contributed by atoms with van der Waals surface area (Å²) in [5.41, 5.74) is 5.29. The van der Waals surface area contributed by atoms with Gasteiger partial charge in [0, 0.05) is 0 Å². The number of allylic oxidation sites excluding steroid dienone is 4. The molecule has 4 heteroatoms. The third kappa shape index (κ3) is 3.75. The molecule has 0 saturated heterocycles. The van der Waals surface area contributed by atoms with E-state index in [9.17, 15) is 0 Å². The topological polar surface area (TPSA) is 15.8 Å². The number of rotatable bonds is 2. The van der Waals surface area contributed by atoms with Crippen LogP contribution in [0.4, 0.5) is 0 Å². The predicted octanol–water partition coefficient (Wildman–Crippen LogP) is -1.23. The molecule has 0 bridgehead atoms. The number of aromatic amines is 1. The molecule has 0 radical (unpaired) electrons. The van der Waals surface area contributed by atoms with Crippen LogP contribution in [0.5, 0.6) is 0 Å². The fourth-order valence-electron chi connectivity index (χ4n) is 3.59. The van der Waals surface area contributed by atoms with Gasteiger partial charge in [-0.1, -0.05) is 0 Å². The van der Waals surface area contributed by atoms with E-state index in [2.05, 4.69) is 71.0 Å². The number of hydrogen-bond donors (Lipinski definition) is 1. The Morgan fingerprint density at radius 2 is 1.70 bits per heavy atom. The van der Waals surface area contributed by atoms with Crippen molar-refractivity contribution in [2.45, 2.75) is 68.3 Å². The summed E-state index contributed by atoms with van der Waals surface area (Å²) in [6.45, 7) is 14.1. The summed E-state index contributed by atoms with van der Waals surface area (Å²) in [6, 6.07) is 0. The third-order valence-corrected chi connectivity index (χ3v) is 9.32. The largest absolute Gasteiger partial charge is 1.00 e. The van der Waals surface area contributed by atoms with Crippen molar-refractivity contribution < 1.29 is 48.0 Å². The number of aromatic nitrogens is 1. The van der Waals surface area contributed by atoms with E-state index in [1.807, 2.05) is 0 Å². The van der Waals surface area contributed by atoms with Crippen molar-refractivity contribution in [2.24, 2.45) is 0 Å². The Kier molecular flexibility index (Phi) is 6.33. The van der Waals surface area contributed by atoms with E-state index >= 15 is 0 Å². The number of nitrogens with one attached hydrogen (secondary N) is 1. The molecule has 3 rings (SSSR count). The van der Waals surface area contributed by atoms with Gasteiger partial charge in [-0.15, -0.1) is 0 Å². The Morgan fingerprint density at radius 1 is 1.04 bits per heavy atom. The van der Waals surface area contributed by atoms with Gasteiger partial charge in [0.15, 0.2) is 0 Å². The van der Waals surface area contributed by atoms with Crippen molar-refractivity contribution in [1.82, 2.24) is 4.98 Å². The van der Waals surface area contributed by atoms with Crippen molar-refractivity contribution >= 4 is 3.40 Å². The Morgan fingerprint density at radius 3 is 2.13 bits per heavy atom. The first kappa shape index (κ1) is 21.3. The van der Waals surface area contributed by atoms with Crippen LogP contribution in [0.3, 0.4) is 0 Å². The molecule has 1 saturated carbocycles. The summed E-state index contributed by atoms with van der Waals surface area (Å²) >= 11 is -0.681. The molecule has 1 N–H and O–H groups in total. The van der Waals surface area contributed by atoms with Crippen LogP contribution in [-0.4, -0.2) is 4.98 Å². The summed E-state index contributed by atoms with van der Waals surface area (Å²) < 4.78 is 2.12. The number of hydrogen-bond acceptors (Lipinski definition) is 0. The molecule has 126 valence electrons. The third-order valence-electron chi connectivity index (χ3n) is 4.83. The van der Waals surface area contributed by atoms with Crippen LogP contribution in [0.25, 0.3) is 0 Å². The smallest absolute Gasteiger partial charge is 1.00 e. The Labute approximate surface area is 165 Å². The minimum absolute atomic E-state index is 0. The molecule has 0 amide bonds. The minimum atomic E-state index is -0.681. The van der Waals surface area contributed by atoms with Gasteiger partial charge < -0.3 is 24.8 Å². The molecule has 1 heterocycles. The summed E-state index contributed by atoms with van der Waals surface area (Å²) in [6.07, 6.45) is 12.2. The first-order valence-corrected chi connectivity index (χ1v) is 10.5. The summed E-state index contributed by atoms with van der Waals surface area (Å²) in [4.78, 5) is 3.71. The first-order valence-electron chi connectivity index (χ1n) is 8.03. The minimum Gasteiger partial charge on any atom is -1.00 e. The molecule has 1 atom stereocenters. The molecule has 1 fully saturated rings. The zero-order valence-corrected chi connectivity index (χ0v) is 18.9. The molecule has 1 aromatic heterocycles. The second kappa shape index (κ2) is 6.85. The van der Waals surface area contributed by atoms with Crippen LogP contribution in [0, 0.1) is 0 Å². The van der Waals surface area contributed by atoms with Gasteiger partial charge >= 0.3 is 141 Å². The number of fused-ring (bicyclic) bond motifs is 1. The maximum Gasteiger partial charge on any atom is -1.00 e. The number of H-pyrrole nitrogens is 1. The quantitative estimate of drug-likeness (QED) is 0.604. The molecule has 0 aromatic carbocycles. The molecule has 2 aliphatic carbocycles. The van der Waals surface area contributed by atoms with Crippen molar-refractivity contribution in [3.8, 4) is 0 Å². The van der Waals surface area contributed by atoms with E-state index in [1.54, 1.807) is 14.5 Å². The average Bonchev–Trinajstić information content (AvgIpc) is 2.84. The average molecular weight is 432 g/mol. The second-order valence-electron chi connectivity index (χ2n) is 8.60. The summed E-state index contributed by atoms with van der Waals surface area (Å²) in [7, 11) is 0. The van der Waals surface area contributed by atoms with E-state index < -0.39 is 23.2 Å². The number of halogens is 2. The van der Waals surface area contributed by atoms with E-state index in [4.69, 9.17) is 0 Å². The van der Waals surface area contributed by atoms with Gasteiger partial charge in [-0.25, -0.2) is 0 Å². The molecule has 1 aromatic rings. The molecule has 0 aliphatic heterocycles. The maximum absolute atomic E-state index is 3.71. The van der Waals surface area contributed by atoms with Gasteiger partial charge in [0.1, 0.15) is 0 Å². The van der Waals surface area contributed by atoms with E-state index in [0.717, 1.165) is 0 Å². The van der Waals surface area contributed by atoms with Crippen molar-refractivity contribution in [1.29, 1.82) is 0 Å². The Balaban J connectivity index is 0.00000132. The first-order chi connectivity index (χ1) is 9.63. The normalized spacial score (nSPS) is 22.3. The van der Waals surface area contributed by atoms with Gasteiger partial charge in [-0.05, 0) is 0 Å². The molecule has 1 unspecified atom stereocenters. The van der Waals surface area contributed by atoms with Crippen LogP contribution in [0.15, 0.2) is 30.0 Å². The predicted molar refractivity (Wildman–Crippen MR) is 87.0 cm³/mol. The molecule has 2 aliphatic rings. The fourth-order valence-corrected chi connectivity index (χ4v) is 8.56. The molecule has 23 heavy (non-hydrogen) atoms. The monoisotopic (exact) mass is 429 g/mol. The van der Waals surface area contributed by atoms with Crippen LogP contribution < -0.4 is 28.2 Å². The molecule has 0 spiro atoms. The maximum atomic E-state index is 3.71. The molecule has 1 nitrogen and oxygen atoms in total. The van der Waals surface area contributed by atoms with Crippen molar-refractivity contribution in [3.63, 3.8) is 0 Å². The van der Waals surface area contributed by atoms with Gasteiger partial charge in [-0.3, -0.25) is 0 Å². The summed E-state index contributed by atoms with van der Waals surface area (Å²) in [5, 5.41) is 0. The Bertz CT molecular complexity index is 629. The van der Waals surface area contributed by atoms with Crippen molar-refractivity contribution in [2.75, 3.05) is 0 Å². The zero-order valence-electron chi connectivity index (χ0n) is 15.0. The van der Waals surface area contributed by atoms with Gasteiger partial charge in [0.05, 0.1) is 0 Å². The van der Waals surface area contributed by atoms with Gasteiger partial charge in [0.2, 0.25) is 0 Å². The van der Waals surface area contributed by atoms with Crippen LogP contribution in [0.2, 0.25) is 3.12 Å². The van der Waals surface area contributed by atoms with E-state index in [-0.39, 0.29) is 35.6 Å². The van der Waals surface area contributed by atoms with Crippen LogP contribution in [0.1, 0.15) is 65.5 Å².